The third-order valence-corrected chi connectivity index (χ3v) is 3.89. The molecule has 0 aliphatic heterocycles. The van der Waals surface area contributed by atoms with Crippen LogP contribution in [0.3, 0.4) is 0 Å². The third-order valence-electron chi connectivity index (χ3n) is 3.89. The van der Waals surface area contributed by atoms with Crippen molar-refractivity contribution in [3.8, 4) is 17.1 Å². The maximum absolute atomic E-state index is 12.6. The summed E-state index contributed by atoms with van der Waals surface area (Å²) in [5, 5.41) is 0. The van der Waals surface area contributed by atoms with Gasteiger partial charge in [-0.15, -0.1) is 0 Å². The number of ether oxygens (including phenoxy) is 1. The monoisotopic (exact) mass is 307 g/mol. The number of methoxy groups -OCH3 is 1. The molecule has 116 valence electrons. The average molecular weight is 307 g/mol. The summed E-state index contributed by atoms with van der Waals surface area (Å²) in [5.41, 5.74) is 2.58. The minimum absolute atomic E-state index is 0.0725. The molecule has 0 aliphatic carbocycles. The standard InChI is InChI=1S/C19H19N2O2/c1-14-13-19(22)21(17-11-7-8-12-18(17)23-3)15(2)20(14)16-9-5-4-6-10-16/h4-13H,1-3H3/q+1. The van der Waals surface area contributed by atoms with E-state index < -0.39 is 0 Å². The Morgan fingerprint density at radius 3 is 2.30 bits per heavy atom. The second-order valence-electron chi connectivity index (χ2n) is 5.35. The molecule has 3 rings (SSSR count). The molecule has 0 unspecified atom stereocenters. The van der Waals surface area contributed by atoms with Crippen LogP contribution in [0.25, 0.3) is 11.4 Å². The molecule has 4 heteroatoms. The van der Waals surface area contributed by atoms with Crippen molar-refractivity contribution in [3.63, 3.8) is 0 Å². The van der Waals surface area contributed by atoms with Gasteiger partial charge >= 0.3 is 5.56 Å². The van der Waals surface area contributed by atoms with Crippen LogP contribution in [0.4, 0.5) is 0 Å². The highest BCUT2D eigenvalue weighted by atomic mass is 16.5. The first-order valence-corrected chi connectivity index (χ1v) is 7.47. The second kappa shape index (κ2) is 6.08. The molecule has 0 atom stereocenters. The first-order valence-electron chi connectivity index (χ1n) is 7.47. The Hall–Kier alpha value is -2.88. The van der Waals surface area contributed by atoms with Crippen LogP contribution in [0.2, 0.25) is 0 Å². The van der Waals surface area contributed by atoms with Crippen LogP contribution in [0.1, 0.15) is 11.5 Å². The van der Waals surface area contributed by atoms with E-state index in [1.165, 1.54) is 0 Å². The highest BCUT2D eigenvalue weighted by Crippen LogP contribution is 2.21. The number of aryl methyl sites for hydroxylation is 1. The van der Waals surface area contributed by atoms with Crippen molar-refractivity contribution in [1.29, 1.82) is 0 Å². The van der Waals surface area contributed by atoms with E-state index >= 15 is 0 Å². The molecule has 1 aromatic heterocycles. The number of nitrogens with zero attached hydrogens (tertiary/aromatic N) is 2. The predicted molar refractivity (Wildman–Crippen MR) is 89.6 cm³/mol. The van der Waals surface area contributed by atoms with E-state index in [9.17, 15) is 4.79 Å². The van der Waals surface area contributed by atoms with Crippen molar-refractivity contribution in [2.45, 2.75) is 13.8 Å². The molecule has 23 heavy (non-hydrogen) atoms. The quantitative estimate of drug-likeness (QED) is 0.697. The molecule has 1 heterocycles. The maximum atomic E-state index is 12.6. The molecule has 0 bridgehead atoms. The Labute approximate surface area is 135 Å². The summed E-state index contributed by atoms with van der Waals surface area (Å²) in [6.07, 6.45) is 0. The van der Waals surface area contributed by atoms with E-state index in [2.05, 4.69) is 4.57 Å². The van der Waals surface area contributed by atoms with Crippen LogP contribution in [0, 0.1) is 13.8 Å². The molecule has 0 aliphatic rings. The number of benzene rings is 2. The lowest BCUT2D eigenvalue weighted by atomic mass is 10.2. The van der Waals surface area contributed by atoms with Gasteiger partial charge in [0.25, 0.3) is 5.82 Å². The summed E-state index contributed by atoms with van der Waals surface area (Å²) in [7, 11) is 1.61. The number of hydrogen-bond acceptors (Lipinski definition) is 2. The van der Waals surface area contributed by atoms with Gasteiger partial charge in [-0.05, 0) is 31.2 Å². The number of aromatic nitrogens is 2. The van der Waals surface area contributed by atoms with E-state index in [1.807, 2.05) is 68.4 Å². The molecule has 0 saturated heterocycles. The lowest BCUT2D eigenvalue weighted by molar-refractivity contribution is -0.614. The van der Waals surface area contributed by atoms with Crippen molar-refractivity contribution >= 4 is 0 Å². The first-order chi connectivity index (χ1) is 11.1. The van der Waals surface area contributed by atoms with Gasteiger partial charge in [-0.1, -0.05) is 30.3 Å². The zero-order valence-corrected chi connectivity index (χ0v) is 13.5. The number of rotatable bonds is 3. The van der Waals surface area contributed by atoms with E-state index in [1.54, 1.807) is 17.7 Å². The summed E-state index contributed by atoms with van der Waals surface area (Å²) in [6.45, 7) is 3.88. The number of para-hydroxylation sites is 3. The van der Waals surface area contributed by atoms with Gasteiger partial charge in [0.05, 0.1) is 13.2 Å². The van der Waals surface area contributed by atoms with Crippen LogP contribution in [-0.4, -0.2) is 11.7 Å². The highest BCUT2D eigenvalue weighted by molar-refractivity contribution is 5.47. The normalized spacial score (nSPS) is 10.6. The summed E-state index contributed by atoms with van der Waals surface area (Å²) >= 11 is 0. The van der Waals surface area contributed by atoms with Gasteiger partial charge in [0.2, 0.25) is 0 Å². The Bertz CT molecular complexity index is 899. The van der Waals surface area contributed by atoms with Crippen LogP contribution in [-0.2, 0) is 0 Å². The van der Waals surface area contributed by atoms with Crippen molar-refractivity contribution in [2.75, 3.05) is 7.11 Å². The molecule has 0 saturated carbocycles. The first kappa shape index (κ1) is 15.0. The molecule has 3 aromatic rings. The van der Waals surface area contributed by atoms with Crippen molar-refractivity contribution in [3.05, 3.63) is 82.5 Å². The average Bonchev–Trinajstić information content (AvgIpc) is 2.56. The molecule has 2 aromatic carbocycles. The Morgan fingerprint density at radius 2 is 1.61 bits per heavy atom. The summed E-state index contributed by atoms with van der Waals surface area (Å²) in [6, 6.07) is 19.2. The van der Waals surface area contributed by atoms with Gasteiger partial charge < -0.3 is 4.74 Å². The predicted octanol–water partition coefficient (Wildman–Crippen LogP) is 2.74. The Balaban J connectivity index is 2.33. The highest BCUT2D eigenvalue weighted by Gasteiger charge is 2.22. The van der Waals surface area contributed by atoms with E-state index in [4.69, 9.17) is 4.74 Å². The molecular weight excluding hydrogens is 288 g/mol. The van der Waals surface area contributed by atoms with Crippen LogP contribution < -0.4 is 14.9 Å². The topological polar surface area (TPSA) is 35.1 Å². The Kier molecular flexibility index (Phi) is 3.98. The number of hydrogen-bond donors (Lipinski definition) is 0. The fraction of sp³-hybridized carbons (Fsp3) is 0.158. The largest absolute Gasteiger partial charge is 0.492 e. The zero-order chi connectivity index (χ0) is 16.4. The van der Waals surface area contributed by atoms with Gasteiger partial charge in [-0.2, -0.15) is 4.57 Å². The van der Waals surface area contributed by atoms with E-state index in [0.29, 0.717) is 5.75 Å². The Morgan fingerprint density at radius 1 is 0.957 bits per heavy atom. The fourth-order valence-corrected chi connectivity index (χ4v) is 2.90. The lowest BCUT2D eigenvalue weighted by Gasteiger charge is -2.12. The van der Waals surface area contributed by atoms with Crippen LogP contribution in [0.15, 0.2) is 65.5 Å². The van der Waals surface area contributed by atoms with Gasteiger partial charge in [0.15, 0.2) is 11.4 Å². The van der Waals surface area contributed by atoms with Crippen molar-refractivity contribution in [2.24, 2.45) is 0 Å². The summed E-state index contributed by atoms with van der Waals surface area (Å²) in [5.74, 6) is 1.49. The molecule has 0 amide bonds. The summed E-state index contributed by atoms with van der Waals surface area (Å²) in [4.78, 5) is 12.6. The van der Waals surface area contributed by atoms with Crippen LogP contribution in [0.5, 0.6) is 5.75 Å². The van der Waals surface area contributed by atoms with Crippen molar-refractivity contribution in [1.82, 2.24) is 4.57 Å². The van der Waals surface area contributed by atoms with Gasteiger partial charge in [0, 0.05) is 6.92 Å². The van der Waals surface area contributed by atoms with Crippen LogP contribution >= 0.6 is 0 Å². The van der Waals surface area contributed by atoms with Gasteiger partial charge in [-0.25, -0.2) is 9.36 Å². The summed E-state index contributed by atoms with van der Waals surface area (Å²) < 4.78 is 9.16. The van der Waals surface area contributed by atoms with Gasteiger partial charge in [-0.3, -0.25) is 0 Å². The lowest BCUT2D eigenvalue weighted by Crippen LogP contribution is -2.44. The smallest absolute Gasteiger partial charge is 0.342 e. The SMILES string of the molecule is COc1ccccc1-n1c(C)[n+](-c2ccccc2)c(C)cc1=O. The van der Waals surface area contributed by atoms with Crippen molar-refractivity contribution < 1.29 is 9.30 Å². The molecule has 0 N–H and O–H groups in total. The molecular formula is C19H19N2O2+. The molecule has 4 nitrogen and oxygen atoms in total. The minimum Gasteiger partial charge on any atom is -0.492 e. The van der Waals surface area contributed by atoms with E-state index in [0.717, 1.165) is 22.9 Å². The second-order valence-corrected chi connectivity index (χ2v) is 5.35. The van der Waals surface area contributed by atoms with Gasteiger partial charge in [0.1, 0.15) is 11.4 Å². The fourth-order valence-electron chi connectivity index (χ4n) is 2.90. The maximum Gasteiger partial charge on any atom is 0.342 e. The molecule has 0 fully saturated rings. The molecule has 0 radical (unpaired) electrons. The van der Waals surface area contributed by atoms with E-state index in [-0.39, 0.29) is 5.56 Å². The zero-order valence-electron chi connectivity index (χ0n) is 13.5. The third kappa shape index (κ3) is 2.63. The molecule has 0 spiro atoms. The minimum atomic E-state index is -0.0725.